The maximum atomic E-state index is 12.8. The van der Waals surface area contributed by atoms with Gasteiger partial charge in [0.1, 0.15) is 13.2 Å². The smallest absolute Gasteiger partial charge is 0.310 e. The largest absolute Gasteiger partial charge is 0.462 e. The SMILES string of the molecule is CC/C=C\C/C=C\C/C=C\C/C=C\C/C=C\C/C=C\C/C=C\C/C=C\C/C=C\CCCCCCCCCC(=O)OCC(COC(=O)CCCCCCC/C=C\C/C=C\CCCCC)OC(=O)C/C=C\C/C=C\C/C=C\C/C=C\C/C=C\CC. The number of carbonyl (C=O) groups excluding carboxylic acids is 3. The molecular weight excluding hydrogens is 1020 g/mol. The van der Waals surface area contributed by atoms with Crippen LogP contribution in [-0.4, -0.2) is 37.2 Å². The van der Waals surface area contributed by atoms with Gasteiger partial charge < -0.3 is 14.2 Å². The van der Waals surface area contributed by atoms with Crippen LogP contribution in [0.4, 0.5) is 0 Å². The molecule has 0 radical (unpaired) electrons. The van der Waals surface area contributed by atoms with Gasteiger partial charge in [0, 0.05) is 12.8 Å². The average Bonchev–Trinajstić information content (AvgIpc) is 3.49. The lowest BCUT2D eigenvalue weighted by Crippen LogP contribution is -2.30. The first-order chi connectivity index (χ1) is 41.0. The molecule has 1 atom stereocenters. The van der Waals surface area contributed by atoms with Gasteiger partial charge in [-0.15, -0.1) is 0 Å². The van der Waals surface area contributed by atoms with Crippen LogP contribution in [0.25, 0.3) is 0 Å². The molecule has 0 amide bonds. The van der Waals surface area contributed by atoms with Gasteiger partial charge in [-0.05, 0) is 148 Å². The molecule has 0 aromatic rings. The fourth-order valence-electron chi connectivity index (χ4n) is 8.25. The molecule has 0 rings (SSSR count). The van der Waals surface area contributed by atoms with Gasteiger partial charge in [0.2, 0.25) is 0 Å². The predicted molar refractivity (Wildman–Crippen MR) is 361 cm³/mol. The minimum Gasteiger partial charge on any atom is -0.462 e. The zero-order valence-electron chi connectivity index (χ0n) is 52.9. The fraction of sp³-hybridized carbons (Fsp3) is 0.545. The van der Waals surface area contributed by atoms with E-state index in [1.165, 1.54) is 44.9 Å². The van der Waals surface area contributed by atoms with E-state index in [9.17, 15) is 14.4 Å². The Morgan fingerprint density at radius 1 is 0.265 bits per heavy atom. The summed E-state index contributed by atoms with van der Waals surface area (Å²) >= 11 is 0. The van der Waals surface area contributed by atoms with Crippen LogP contribution in [0, 0.1) is 0 Å². The van der Waals surface area contributed by atoms with Gasteiger partial charge in [-0.25, -0.2) is 0 Å². The van der Waals surface area contributed by atoms with Crippen molar-refractivity contribution >= 4 is 17.9 Å². The summed E-state index contributed by atoms with van der Waals surface area (Å²) in [5.74, 6) is -1.10. The standard InChI is InChI=1S/C77H118O6/c1-4-7-10-13-16-19-22-25-28-29-30-31-32-33-34-35-36-37-38-39-40-41-42-43-44-45-46-47-50-52-55-58-61-64-67-70-76(79)82-73-74(83-77(80)71-68-65-62-59-56-53-49-27-24-21-18-15-12-9-6-3)72-81-75(78)69-66-63-60-57-54-51-48-26-23-20-17-14-11-8-5-2/h7,9-10,12,16-21,25-28,30-31,33-34,36-37,39-40,42-43,45-46,48-49,56,59,65,68,74H,4-6,8,11,13-15,22-24,29,32,35,38,41,44,47,50-55,57-58,60-64,66-67,69-73H2,1-3H3/b10-7-,12-9-,19-16-,20-17-,21-18-,28-25-,31-30-,34-33-,37-36-,40-39-,43-42-,46-45-,48-26-,49-27-,59-56-,68-65-. The van der Waals surface area contributed by atoms with Crippen LogP contribution in [-0.2, 0) is 28.6 Å². The molecule has 83 heavy (non-hydrogen) atoms. The Morgan fingerprint density at radius 2 is 0.506 bits per heavy atom. The van der Waals surface area contributed by atoms with Crippen molar-refractivity contribution in [1.29, 1.82) is 0 Å². The molecule has 462 valence electrons. The van der Waals surface area contributed by atoms with Crippen molar-refractivity contribution in [2.75, 3.05) is 13.2 Å². The normalized spacial score (nSPS) is 13.4. The van der Waals surface area contributed by atoms with Gasteiger partial charge in [0.05, 0.1) is 6.42 Å². The molecule has 0 N–H and O–H groups in total. The maximum Gasteiger partial charge on any atom is 0.310 e. The number of allylic oxidation sites excluding steroid dienone is 31. The number of hydrogen-bond acceptors (Lipinski definition) is 6. The number of esters is 3. The molecule has 0 fully saturated rings. The number of ether oxygens (including phenoxy) is 3. The molecule has 0 aromatic carbocycles. The van der Waals surface area contributed by atoms with Crippen LogP contribution < -0.4 is 0 Å². The molecule has 0 saturated heterocycles. The molecule has 6 heteroatoms. The Morgan fingerprint density at radius 3 is 0.795 bits per heavy atom. The van der Waals surface area contributed by atoms with E-state index >= 15 is 0 Å². The van der Waals surface area contributed by atoms with Gasteiger partial charge in [-0.3, -0.25) is 14.4 Å². The van der Waals surface area contributed by atoms with E-state index in [0.717, 1.165) is 161 Å². The van der Waals surface area contributed by atoms with Gasteiger partial charge in [0.15, 0.2) is 6.10 Å². The number of unbranched alkanes of at least 4 members (excludes halogenated alkanes) is 15. The van der Waals surface area contributed by atoms with Crippen LogP contribution in [0.1, 0.15) is 252 Å². The number of hydrogen-bond donors (Lipinski definition) is 0. The first kappa shape index (κ1) is 77.2. The van der Waals surface area contributed by atoms with E-state index < -0.39 is 12.1 Å². The highest BCUT2D eigenvalue weighted by Gasteiger charge is 2.19. The first-order valence-electron chi connectivity index (χ1n) is 32.9. The van der Waals surface area contributed by atoms with E-state index in [-0.39, 0.29) is 31.6 Å². The van der Waals surface area contributed by atoms with E-state index in [0.29, 0.717) is 19.3 Å². The molecule has 0 bridgehead atoms. The highest BCUT2D eigenvalue weighted by atomic mass is 16.6. The molecule has 0 aliphatic heterocycles. The second-order valence-electron chi connectivity index (χ2n) is 20.9. The summed E-state index contributed by atoms with van der Waals surface area (Å²) in [6, 6.07) is 0. The van der Waals surface area contributed by atoms with Crippen molar-refractivity contribution in [3.05, 3.63) is 194 Å². The molecule has 0 aliphatic carbocycles. The topological polar surface area (TPSA) is 78.9 Å². The summed E-state index contributed by atoms with van der Waals surface area (Å²) in [5.41, 5.74) is 0. The summed E-state index contributed by atoms with van der Waals surface area (Å²) in [7, 11) is 0. The van der Waals surface area contributed by atoms with Crippen LogP contribution in [0.5, 0.6) is 0 Å². The minimum atomic E-state index is -0.855. The van der Waals surface area contributed by atoms with Crippen molar-refractivity contribution in [2.45, 2.75) is 258 Å². The van der Waals surface area contributed by atoms with E-state index in [1.807, 2.05) is 6.08 Å². The molecule has 6 nitrogen and oxygen atoms in total. The molecule has 0 heterocycles. The Balaban J connectivity index is 4.39. The van der Waals surface area contributed by atoms with Crippen molar-refractivity contribution in [3.8, 4) is 0 Å². The van der Waals surface area contributed by atoms with Crippen molar-refractivity contribution in [3.63, 3.8) is 0 Å². The van der Waals surface area contributed by atoms with Crippen molar-refractivity contribution in [1.82, 2.24) is 0 Å². The summed E-state index contributed by atoms with van der Waals surface area (Å²) in [5, 5.41) is 0. The lowest BCUT2D eigenvalue weighted by atomic mass is 10.1. The third-order valence-electron chi connectivity index (χ3n) is 13.1. The van der Waals surface area contributed by atoms with Crippen LogP contribution in [0.2, 0.25) is 0 Å². The Bertz CT molecular complexity index is 1990. The number of carbonyl (C=O) groups is 3. The highest BCUT2D eigenvalue weighted by Crippen LogP contribution is 2.13. The molecule has 0 saturated carbocycles. The summed E-state index contributed by atoms with van der Waals surface area (Å²) in [6.07, 6.45) is 105. The maximum absolute atomic E-state index is 12.8. The zero-order valence-corrected chi connectivity index (χ0v) is 52.9. The van der Waals surface area contributed by atoms with Crippen LogP contribution in [0.15, 0.2) is 194 Å². The molecule has 0 aromatic heterocycles. The second kappa shape index (κ2) is 68.7. The second-order valence-corrected chi connectivity index (χ2v) is 20.9. The van der Waals surface area contributed by atoms with E-state index in [2.05, 4.69) is 203 Å². The zero-order chi connectivity index (χ0) is 59.9. The number of rotatable bonds is 57. The van der Waals surface area contributed by atoms with Gasteiger partial charge in [0.25, 0.3) is 0 Å². The third kappa shape index (κ3) is 66.9. The Labute approximate surface area is 509 Å². The van der Waals surface area contributed by atoms with Gasteiger partial charge >= 0.3 is 17.9 Å². The quantitative estimate of drug-likeness (QED) is 0.0261. The fourth-order valence-corrected chi connectivity index (χ4v) is 8.25. The highest BCUT2D eigenvalue weighted by molar-refractivity contribution is 5.72. The average molecular weight is 1140 g/mol. The lowest BCUT2D eigenvalue weighted by molar-refractivity contribution is -0.166. The molecular formula is C77H118O6. The predicted octanol–water partition coefficient (Wildman–Crippen LogP) is 23.0. The van der Waals surface area contributed by atoms with Crippen LogP contribution >= 0.6 is 0 Å². The van der Waals surface area contributed by atoms with Crippen molar-refractivity contribution < 1.29 is 28.6 Å². The van der Waals surface area contributed by atoms with E-state index in [4.69, 9.17) is 14.2 Å². The Kier molecular flexibility index (Phi) is 64.0. The summed E-state index contributed by atoms with van der Waals surface area (Å²) < 4.78 is 16.8. The van der Waals surface area contributed by atoms with Crippen LogP contribution in [0.3, 0.4) is 0 Å². The lowest BCUT2D eigenvalue weighted by Gasteiger charge is -2.18. The molecule has 1 unspecified atom stereocenters. The monoisotopic (exact) mass is 1140 g/mol. The van der Waals surface area contributed by atoms with Gasteiger partial charge in [-0.2, -0.15) is 0 Å². The summed E-state index contributed by atoms with van der Waals surface area (Å²) in [6.45, 7) is 6.26. The summed E-state index contributed by atoms with van der Waals surface area (Å²) in [4.78, 5) is 38.2. The first-order valence-corrected chi connectivity index (χ1v) is 32.9. The van der Waals surface area contributed by atoms with E-state index in [1.54, 1.807) is 6.08 Å². The van der Waals surface area contributed by atoms with Crippen molar-refractivity contribution in [2.24, 2.45) is 0 Å². The third-order valence-corrected chi connectivity index (χ3v) is 13.1. The Hall–Kier alpha value is -5.75. The minimum absolute atomic E-state index is 0.0818. The van der Waals surface area contributed by atoms with Gasteiger partial charge in [-0.1, -0.05) is 279 Å². The molecule has 0 aliphatic rings. The molecule has 0 spiro atoms.